The van der Waals surface area contributed by atoms with Gasteiger partial charge in [0, 0.05) is 23.1 Å². The van der Waals surface area contributed by atoms with Crippen LogP contribution in [-0.2, 0) is 22.5 Å². The maximum Gasteiger partial charge on any atom is 0.310 e. The fourth-order valence-corrected chi connectivity index (χ4v) is 4.10. The van der Waals surface area contributed by atoms with Gasteiger partial charge in [-0.2, -0.15) is 0 Å². The zero-order chi connectivity index (χ0) is 21.8. The first-order chi connectivity index (χ1) is 15.1. The van der Waals surface area contributed by atoms with Crippen LogP contribution in [0.2, 0.25) is 0 Å². The summed E-state index contributed by atoms with van der Waals surface area (Å²) in [4.78, 5) is 12.3. The van der Waals surface area contributed by atoms with Crippen LogP contribution in [0, 0.1) is 6.92 Å². The van der Waals surface area contributed by atoms with E-state index in [1.54, 1.807) is 7.11 Å². The molecule has 0 saturated heterocycles. The van der Waals surface area contributed by atoms with Gasteiger partial charge >= 0.3 is 5.97 Å². The Labute approximate surface area is 183 Å². The van der Waals surface area contributed by atoms with Crippen LogP contribution in [0.5, 0.6) is 5.75 Å². The minimum Gasteiger partial charge on any atom is -0.497 e. The summed E-state index contributed by atoms with van der Waals surface area (Å²) in [7, 11) is 1.66. The van der Waals surface area contributed by atoms with Crippen LogP contribution in [0.15, 0.2) is 72.8 Å². The van der Waals surface area contributed by atoms with Crippen molar-refractivity contribution in [3.05, 3.63) is 89.6 Å². The standard InChI is InChI=1S/C27H27NO3/c1-4-31-27(29)17-24-19(2)28(26-14-13-23(30-3)16-25(24)26)18-20-9-8-12-22(15-20)21-10-6-5-7-11-21/h5-16H,4,17-18H2,1-3H3. The lowest BCUT2D eigenvalue weighted by Gasteiger charge is -2.11. The molecule has 0 spiro atoms. The van der Waals surface area contributed by atoms with Crippen LogP contribution >= 0.6 is 0 Å². The first-order valence-electron chi connectivity index (χ1n) is 10.6. The highest BCUT2D eigenvalue weighted by atomic mass is 16.5. The number of esters is 1. The molecule has 0 radical (unpaired) electrons. The summed E-state index contributed by atoms with van der Waals surface area (Å²) in [5.41, 5.74) is 6.75. The Morgan fingerprint density at radius 1 is 0.935 bits per heavy atom. The van der Waals surface area contributed by atoms with Gasteiger partial charge in [0.1, 0.15) is 5.75 Å². The molecule has 0 saturated carbocycles. The Morgan fingerprint density at radius 2 is 1.71 bits per heavy atom. The second kappa shape index (κ2) is 9.09. The van der Waals surface area contributed by atoms with Crippen molar-refractivity contribution in [2.45, 2.75) is 26.8 Å². The van der Waals surface area contributed by atoms with Crippen molar-refractivity contribution in [1.29, 1.82) is 0 Å². The van der Waals surface area contributed by atoms with E-state index >= 15 is 0 Å². The molecular formula is C27H27NO3. The van der Waals surface area contributed by atoms with E-state index in [4.69, 9.17) is 9.47 Å². The molecular weight excluding hydrogens is 386 g/mol. The quantitative estimate of drug-likeness (QED) is 0.361. The van der Waals surface area contributed by atoms with E-state index in [9.17, 15) is 4.79 Å². The molecule has 0 aliphatic heterocycles. The number of hydrogen-bond acceptors (Lipinski definition) is 3. The van der Waals surface area contributed by atoms with Gasteiger partial charge in [0.2, 0.25) is 0 Å². The van der Waals surface area contributed by atoms with E-state index in [0.29, 0.717) is 6.61 Å². The second-order valence-corrected chi connectivity index (χ2v) is 7.58. The van der Waals surface area contributed by atoms with E-state index in [1.165, 1.54) is 16.7 Å². The lowest BCUT2D eigenvalue weighted by Crippen LogP contribution is -2.09. The van der Waals surface area contributed by atoms with Crippen LogP contribution < -0.4 is 4.74 Å². The van der Waals surface area contributed by atoms with Crippen molar-refractivity contribution in [2.75, 3.05) is 13.7 Å². The normalized spacial score (nSPS) is 10.9. The number of aromatic nitrogens is 1. The third-order valence-electron chi connectivity index (χ3n) is 5.66. The maximum atomic E-state index is 12.3. The lowest BCUT2D eigenvalue weighted by atomic mass is 10.0. The number of fused-ring (bicyclic) bond motifs is 1. The van der Waals surface area contributed by atoms with Crippen LogP contribution in [-0.4, -0.2) is 24.3 Å². The van der Waals surface area contributed by atoms with Gasteiger partial charge in [-0.05, 0) is 60.4 Å². The molecule has 31 heavy (non-hydrogen) atoms. The monoisotopic (exact) mass is 413 g/mol. The van der Waals surface area contributed by atoms with Crippen molar-refractivity contribution in [3.8, 4) is 16.9 Å². The van der Waals surface area contributed by atoms with Gasteiger partial charge in [-0.15, -0.1) is 0 Å². The maximum absolute atomic E-state index is 12.3. The molecule has 0 atom stereocenters. The molecule has 0 bridgehead atoms. The second-order valence-electron chi connectivity index (χ2n) is 7.58. The highest BCUT2D eigenvalue weighted by molar-refractivity contribution is 5.90. The Hall–Kier alpha value is -3.53. The smallest absolute Gasteiger partial charge is 0.310 e. The van der Waals surface area contributed by atoms with Crippen LogP contribution in [0.4, 0.5) is 0 Å². The first-order valence-corrected chi connectivity index (χ1v) is 10.6. The predicted octanol–water partition coefficient (Wildman–Crippen LogP) is 5.78. The molecule has 0 fully saturated rings. The van der Waals surface area contributed by atoms with E-state index in [-0.39, 0.29) is 12.4 Å². The van der Waals surface area contributed by atoms with Crippen molar-refractivity contribution < 1.29 is 14.3 Å². The number of methoxy groups -OCH3 is 1. The average Bonchev–Trinajstić information content (AvgIpc) is 3.05. The molecule has 1 aromatic heterocycles. The van der Waals surface area contributed by atoms with Crippen molar-refractivity contribution in [3.63, 3.8) is 0 Å². The topological polar surface area (TPSA) is 40.5 Å². The van der Waals surface area contributed by atoms with E-state index in [1.807, 2.05) is 25.1 Å². The number of benzene rings is 3. The summed E-state index contributed by atoms with van der Waals surface area (Å²) in [5.74, 6) is 0.569. The number of hydrogen-bond donors (Lipinski definition) is 0. The number of carbonyl (C=O) groups excluding carboxylic acids is 1. The fraction of sp³-hybridized carbons (Fsp3) is 0.222. The van der Waals surface area contributed by atoms with Crippen LogP contribution in [0.3, 0.4) is 0 Å². The van der Waals surface area contributed by atoms with Gasteiger partial charge in [-0.25, -0.2) is 0 Å². The summed E-state index contributed by atoms with van der Waals surface area (Å²) in [5, 5.41) is 1.03. The van der Waals surface area contributed by atoms with Gasteiger partial charge in [0.25, 0.3) is 0 Å². The number of rotatable bonds is 7. The number of ether oxygens (including phenoxy) is 2. The van der Waals surface area contributed by atoms with Gasteiger partial charge < -0.3 is 14.0 Å². The van der Waals surface area contributed by atoms with Gasteiger partial charge in [0.15, 0.2) is 0 Å². The highest BCUT2D eigenvalue weighted by Gasteiger charge is 2.18. The largest absolute Gasteiger partial charge is 0.497 e. The zero-order valence-corrected chi connectivity index (χ0v) is 18.2. The molecule has 158 valence electrons. The molecule has 4 nitrogen and oxygen atoms in total. The first kappa shape index (κ1) is 20.7. The molecule has 4 heteroatoms. The molecule has 0 unspecified atom stereocenters. The van der Waals surface area contributed by atoms with Gasteiger partial charge in [-0.1, -0.05) is 48.5 Å². The summed E-state index contributed by atoms with van der Waals surface area (Å²) in [6.45, 7) is 5.00. The fourth-order valence-electron chi connectivity index (χ4n) is 4.10. The Morgan fingerprint density at radius 3 is 2.45 bits per heavy atom. The summed E-state index contributed by atoms with van der Waals surface area (Å²) < 4.78 is 12.9. The van der Waals surface area contributed by atoms with E-state index < -0.39 is 0 Å². The summed E-state index contributed by atoms with van der Waals surface area (Å²) >= 11 is 0. The minimum absolute atomic E-state index is 0.210. The molecule has 4 aromatic rings. The summed E-state index contributed by atoms with van der Waals surface area (Å²) in [6.07, 6.45) is 0.250. The Kier molecular flexibility index (Phi) is 6.08. The summed E-state index contributed by atoms with van der Waals surface area (Å²) in [6, 6.07) is 25.0. The van der Waals surface area contributed by atoms with Gasteiger partial charge in [-0.3, -0.25) is 4.79 Å². The van der Waals surface area contributed by atoms with Crippen LogP contribution in [0.25, 0.3) is 22.0 Å². The Balaban J connectivity index is 1.76. The third-order valence-corrected chi connectivity index (χ3v) is 5.66. The zero-order valence-electron chi connectivity index (χ0n) is 18.2. The lowest BCUT2D eigenvalue weighted by molar-refractivity contribution is -0.142. The SMILES string of the molecule is CCOC(=O)Cc1c(C)n(Cc2cccc(-c3ccccc3)c2)c2ccc(OC)cc12. The average molecular weight is 414 g/mol. The highest BCUT2D eigenvalue weighted by Crippen LogP contribution is 2.31. The third kappa shape index (κ3) is 4.33. The van der Waals surface area contributed by atoms with Gasteiger partial charge in [0.05, 0.1) is 20.1 Å². The molecule has 0 aliphatic carbocycles. The van der Waals surface area contributed by atoms with Crippen LogP contribution in [0.1, 0.15) is 23.7 Å². The predicted molar refractivity (Wildman–Crippen MR) is 125 cm³/mol. The minimum atomic E-state index is -0.210. The Bertz CT molecular complexity index is 1210. The molecule has 1 heterocycles. The van der Waals surface area contributed by atoms with Crippen molar-refractivity contribution in [2.24, 2.45) is 0 Å². The molecule has 0 N–H and O–H groups in total. The van der Waals surface area contributed by atoms with E-state index in [0.717, 1.165) is 34.5 Å². The molecule has 0 amide bonds. The molecule has 4 rings (SSSR count). The number of carbonyl (C=O) groups is 1. The van der Waals surface area contributed by atoms with Crippen molar-refractivity contribution >= 4 is 16.9 Å². The molecule has 3 aromatic carbocycles. The van der Waals surface area contributed by atoms with Crippen molar-refractivity contribution in [1.82, 2.24) is 4.57 Å². The molecule has 0 aliphatic rings. The number of nitrogens with zero attached hydrogens (tertiary/aromatic N) is 1. The van der Waals surface area contributed by atoms with E-state index in [2.05, 4.69) is 66.1 Å².